The molecule has 1 fully saturated rings. The Kier molecular flexibility index (Phi) is 7.56. The first-order valence-corrected chi connectivity index (χ1v) is 8.60. The standard InChI is InChI=1S/C19H30N2O2.ClH/c1-5-14(2)15-8-6-7-9-16(15)23-12-18(22)21-11-10-17(20)19(3,4)13-21;/h6-9,14,17H,5,10-13,20H2,1-4H3;1H. The first kappa shape index (κ1) is 20.8. The molecular formula is C19H31ClN2O2. The smallest absolute Gasteiger partial charge is 0.260 e. The molecular weight excluding hydrogens is 324 g/mol. The Labute approximate surface area is 152 Å². The molecule has 2 rings (SSSR count). The van der Waals surface area contributed by atoms with Crippen molar-refractivity contribution in [2.75, 3.05) is 19.7 Å². The zero-order valence-electron chi connectivity index (χ0n) is 15.2. The van der Waals surface area contributed by atoms with Crippen molar-refractivity contribution in [1.82, 2.24) is 4.90 Å². The number of carbonyl (C=O) groups is 1. The molecule has 24 heavy (non-hydrogen) atoms. The van der Waals surface area contributed by atoms with E-state index in [9.17, 15) is 4.79 Å². The molecule has 1 amide bonds. The van der Waals surface area contributed by atoms with E-state index in [-0.39, 0.29) is 36.4 Å². The fourth-order valence-corrected chi connectivity index (χ4v) is 3.06. The van der Waals surface area contributed by atoms with Crippen molar-refractivity contribution in [3.05, 3.63) is 29.8 Å². The van der Waals surface area contributed by atoms with Crippen LogP contribution >= 0.6 is 12.4 Å². The summed E-state index contributed by atoms with van der Waals surface area (Å²) in [4.78, 5) is 14.4. The number of para-hydroxylation sites is 1. The number of benzene rings is 1. The van der Waals surface area contributed by atoms with Crippen LogP contribution in [0.15, 0.2) is 24.3 Å². The average Bonchev–Trinajstić information content (AvgIpc) is 2.54. The number of hydrogen-bond donors (Lipinski definition) is 1. The van der Waals surface area contributed by atoms with Gasteiger partial charge in [0.15, 0.2) is 6.61 Å². The number of halogens is 1. The van der Waals surface area contributed by atoms with Crippen molar-refractivity contribution in [3.63, 3.8) is 0 Å². The van der Waals surface area contributed by atoms with E-state index in [1.165, 1.54) is 5.56 Å². The first-order chi connectivity index (χ1) is 10.8. The van der Waals surface area contributed by atoms with Crippen LogP contribution in [-0.4, -0.2) is 36.5 Å². The molecule has 4 nitrogen and oxygen atoms in total. The predicted octanol–water partition coefficient (Wildman–Crippen LogP) is 3.59. The van der Waals surface area contributed by atoms with Gasteiger partial charge in [0.2, 0.25) is 0 Å². The van der Waals surface area contributed by atoms with E-state index in [1.807, 2.05) is 23.1 Å². The van der Waals surface area contributed by atoms with Gasteiger partial charge in [-0.1, -0.05) is 45.9 Å². The van der Waals surface area contributed by atoms with Gasteiger partial charge in [0.25, 0.3) is 5.91 Å². The average molecular weight is 355 g/mol. The highest BCUT2D eigenvalue weighted by Crippen LogP contribution is 2.29. The van der Waals surface area contributed by atoms with Crippen molar-refractivity contribution in [2.24, 2.45) is 11.1 Å². The highest BCUT2D eigenvalue weighted by Gasteiger charge is 2.35. The fraction of sp³-hybridized carbons (Fsp3) is 0.632. The molecule has 1 heterocycles. The minimum atomic E-state index is -0.0391. The number of piperidine rings is 1. The maximum atomic E-state index is 12.5. The quantitative estimate of drug-likeness (QED) is 0.879. The monoisotopic (exact) mass is 354 g/mol. The minimum Gasteiger partial charge on any atom is -0.483 e. The molecule has 1 aliphatic heterocycles. The topological polar surface area (TPSA) is 55.6 Å². The van der Waals surface area contributed by atoms with Crippen LogP contribution in [0, 0.1) is 5.41 Å². The lowest BCUT2D eigenvalue weighted by atomic mass is 9.80. The number of likely N-dealkylation sites (tertiary alicyclic amines) is 1. The number of rotatable bonds is 5. The second-order valence-electron chi connectivity index (χ2n) is 7.33. The molecule has 2 atom stereocenters. The number of nitrogens with two attached hydrogens (primary N) is 1. The van der Waals surface area contributed by atoms with Gasteiger partial charge in [-0.3, -0.25) is 4.79 Å². The molecule has 1 saturated heterocycles. The highest BCUT2D eigenvalue weighted by molar-refractivity contribution is 5.85. The van der Waals surface area contributed by atoms with Crippen LogP contribution in [0.1, 0.15) is 52.0 Å². The molecule has 5 heteroatoms. The highest BCUT2D eigenvalue weighted by atomic mass is 35.5. The number of carbonyl (C=O) groups excluding carboxylic acids is 1. The van der Waals surface area contributed by atoms with Gasteiger partial charge >= 0.3 is 0 Å². The van der Waals surface area contributed by atoms with Crippen molar-refractivity contribution in [3.8, 4) is 5.75 Å². The Hall–Kier alpha value is -1.26. The van der Waals surface area contributed by atoms with Gasteiger partial charge in [-0.25, -0.2) is 0 Å². The maximum absolute atomic E-state index is 12.5. The molecule has 0 aliphatic carbocycles. The van der Waals surface area contributed by atoms with Crippen LogP contribution < -0.4 is 10.5 Å². The molecule has 2 unspecified atom stereocenters. The van der Waals surface area contributed by atoms with E-state index < -0.39 is 0 Å². The van der Waals surface area contributed by atoms with E-state index in [0.717, 1.165) is 25.1 Å². The second kappa shape index (κ2) is 8.72. The van der Waals surface area contributed by atoms with Gasteiger partial charge in [-0.05, 0) is 35.8 Å². The summed E-state index contributed by atoms with van der Waals surface area (Å²) in [6.45, 7) is 10.1. The molecule has 0 bridgehead atoms. The van der Waals surface area contributed by atoms with Gasteiger partial charge in [0, 0.05) is 19.1 Å². The third kappa shape index (κ3) is 4.87. The Bertz CT molecular complexity index is 548. The lowest BCUT2D eigenvalue weighted by Gasteiger charge is -2.42. The number of amides is 1. The summed E-state index contributed by atoms with van der Waals surface area (Å²) in [6.07, 6.45) is 1.90. The van der Waals surface area contributed by atoms with Crippen molar-refractivity contribution >= 4 is 18.3 Å². The Morgan fingerprint density at radius 1 is 1.42 bits per heavy atom. The van der Waals surface area contributed by atoms with Crippen LogP contribution in [0.4, 0.5) is 0 Å². The molecule has 0 aromatic heterocycles. The minimum absolute atomic E-state index is 0. The zero-order valence-corrected chi connectivity index (χ0v) is 16.1. The Balaban J connectivity index is 0.00000288. The number of ether oxygens (including phenoxy) is 1. The predicted molar refractivity (Wildman–Crippen MR) is 101 cm³/mol. The van der Waals surface area contributed by atoms with Gasteiger partial charge < -0.3 is 15.4 Å². The van der Waals surface area contributed by atoms with Crippen molar-refractivity contribution < 1.29 is 9.53 Å². The van der Waals surface area contributed by atoms with Crippen LogP contribution in [0.25, 0.3) is 0 Å². The van der Waals surface area contributed by atoms with Crippen molar-refractivity contribution in [2.45, 2.75) is 52.5 Å². The summed E-state index contributed by atoms with van der Waals surface area (Å²) in [7, 11) is 0. The third-order valence-corrected chi connectivity index (χ3v) is 5.08. The fourth-order valence-electron chi connectivity index (χ4n) is 3.06. The first-order valence-electron chi connectivity index (χ1n) is 8.60. The van der Waals surface area contributed by atoms with Gasteiger partial charge in [0.1, 0.15) is 5.75 Å². The van der Waals surface area contributed by atoms with Crippen molar-refractivity contribution in [1.29, 1.82) is 0 Å². The SMILES string of the molecule is CCC(C)c1ccccc1OCC(=O)N1CCC(N)C(C)(C)C1.Cl. The Morgan fingerprint density at radius 2 is 2.08 bits per heavy atom. The largest absolute Gasteiger partial charge is 0.483 e. The molecule has 136 valence electrons. The van der Waals surface area contributed by atoms with Gasteiger partial charge in [0.05, 0.1) is 0 Å². The number of nitrogens with zero attached hydrogens (tertiary/aromatic N) is 1. The van der Waals surface area contributed by atoms with E-state index >= 15 is 0 Å². The summed E-state index contributed by atoms with van der Waals surface area (Å²) in [5.74, 6) is 1.29. The second-order valence-corrected chi connectivity index (χ2v) is 7.33. The number of hydrogen-bond acceptors (Lipinski definition) is 3. The summed E-state index contributed by atoms with van der Waals surface area (Å²) >= 11 is 0. The van der Waals surface area contributed by atoms with E-state index in [4.69, 9.17) is 10.5 Å². The van der Waals surface area contributed by atoms with Crippen LogP contribution in [-0.2, 0) is 4.79 Å². The summed E-state index contributed by atoms with van der Waals surface area (Å²) in [6, 6.07) is 8.15. The molecule has 0 spiro atoms. The summed E-state index contributed by atoms with van der Waals surface area (Å²) in [5.41, 5.74) is 7.27. The maximum Gasteiger partial charge on any atom is 0.260 e. The van der Waals surface area contributed by atoms with E-state index in [1.54, 1.807) is 0 Å². The molecule has 1 aromatic carbocycles. The zero-order chi connectivity index (χ0) is 17.0. The van der Waals surface area contributed by atoms with Crippen LogP contribution in [0.2, 0.25) is 0 Å². The van der Waals surface area contributed by atoms with Gasteiger partial charge in [-0.2, -0.15) is 0 Å². The molecule has 1 aromatic rings. The Morgan fingerprint density at radius 3 is 2.71 bits per heavy atom. The lowest BCUT2D eigenvalue weighted by molar-refractivity contribution is -0.136. The summed E-state index contributed by atoms with van der Waals surface area (Å²) < 4.78 is 5.85. The van der Waals surface area contributed by atoms with Crippen LogP contribution in [0.5, 0.6) is 5.75 Å². The molecule has 2 N–H and O–H groups in total. The van der Waals surface area contributed by atoms with Gasteiger partial charge in [-0.15, -0.1) is 12.4 Å². The third-order valence-electron chi connectivity index (χ3n) is 5.08. The van der Waals surface area contributed by atoms with Crippen LogP contribution in [0.3, 0.4) is 0 Å². The molecule has 0 radical (unpaired) electrons. The normalized spacial score (nSPS) is 20.9. The molecule has 0 saturated carbocycles. The summed E-state index contributed by atoms with van der Waals surface area (Å²) in [5, 5.41) is 0. The lowest BCUT2D eigenvalue weighted by Crippen LogP contribution is -2.54. The molecule has 1 aliphatic rings. The van der Waals surface area contributed by atoms with E-state index in [2.05, 4.69) is 33.8 Å². The van der Waals surface area contributed by atoms with E-state index in [0.29, 0.717) is 12.5 Å².